The maximum Gasteiger partial charge on any atom is 0.279 e. The fourth-order valence-corrected chi connectivity index (χ4v) is 5.57. The van der Waals surface area contributed by atoms with E-state index < -0.39 is 21.7 Å². The Morgan fingerprint density at radius 1 is 1.09 bits per heavy atom. The Balaban J connectivity index is 1.67. The molecule has 0 atom stereocenters. The Morgan fingerprint density at radius 2 is 1.79 bits per heavy atom. The number of allylic oxidation sites excluding steroid dienone is 1. The number of sulfonamides is 1. The van der Waals surface area contributed by atoms with Gasteiger partial charge in [-0.2, -0.15) is 4.99 Å². The van der Waals surface area contributed by atoms with E-state index >= 15 is 0 Å². The number of hydrogen-bond donors (Lipinski definition) is 0. The van der Waals surface area contributed by atoms with Crippen molar-refractivity contribution in [3.63, 3.8) is 0 Å². The van der Waals surface area contributed by atoms with Gasteiger partial charge in [-0.25, -0.2) is 12.8 Å². The molecular weight excluding hydrogens is 461 g/mol. The molecule has 0 saturated carbocycles. The van der Waals surface area contributed by atoms with Crippen LogP contribution in [0.4, 0.5) is 10.1 Å². The molecule has 0 N–H and O–H groups in total. The first-order chi connectivity index (χ1) is 15.8. The van der Waals surface area contributed by atoms with Gasteiger partial charge >= 0.3 is 0 Å². The predicted octanol–water partition coefficient (Wildman–Crippen LogP) is 4.59. The number of fused-ring (bicyclic) bond motifs is 1. The van der Waals surface area contributed by atoms with Gasteiger partial charge in [0.25, 0.3) is 15.9 Å². The quantitative estimate of drug-likeness (QED) is 0.378. The first-order valence-corrected chi connectivity index (χ1v) is 12.2. The molecule has 0 aliphatic heterocycles. The topological polar surface area (TPSA) is 71.7 Å². The molecule has 6 nitrogen and oxygen atoms in total. The molecule has 9 heteroatoms. The van der Waals surface area contributed by atoms with Crippen molar-refractivity contribution >= 4 is 43.2 Å². The van der Waals surface area contributed by atoms with Crippen LogP contribution in [0, 0.1) is 5.82 Å². The minimum Gasteiger partial charge on any atom is -0.310 e. The van der Waals surface area contributed by atoms with Crippen LogP contribution in [0.5, 0.6) is 0 Å². The third-order valence-corrected chi connectivity index (χ3v) is 7.88. The maximum atomic E-state index is 14.4. The van der Waals surface area contributed by atoms with Crippen molar-refractivity contribution in [2.45, 2.75) is 11.4 Å². The first kappa shape index (κ1) is 22.6. The van der Waals surface area contributed by atoms with Crippen LogP contribution in [-0.4, -0.2) is 25.9 Å². The molecule has 0 aliphatic carbocycles. The van der Waals surface area contributed by atoms with Crippen LogP contribution in [0.2, 0.25) is 0 Å². The monoisotopic (exact) mass is 481 g/mol. The van der Waals surface area contributed by atoms with Gasteiger partial charge < -0.3 is 4.57 Å². The van der Waals surface area contributed by atoms with Crippen molar-refractivity contribution in [3.8, 4) is 0 Å². The van der Waals surface area contributed by atoms with Crippen LogP contribution < -0.4 is 9.11 Å². The molecule has 4 aromatic rings. The summed E-state index contributed by atoms with van der Waals surface area (Å²) >= 11 is 1.20. The summed E-state index contributed by atoms with van der Waals surface area (Å²) in [7, 11) is -2.32. The number of halogens is 1. The molecule has 1 aromatic heterocycles. The van der Waals surface area contributed by atoms with E-state index in [1.54, 1.807) is 53.1 Å². The van der Waals surface area contributed by atoms with Gasteiger partial charge in [-0.05, 0) is 48.5 Å². The molecule has 0 radical (unpaired) electrons. The third kappa shape index (κ3) is 4.37. The molecule has 0 aliphatic rings. The normalized spacial score (nSPS) is 12.1. The van der Waals surface area contributed by atoms with Crippen LogP contribution in [-0.2, 0) is 16.6 Å². The van der Waals surface area contributed by atoms with Gasteiger partial charge in [-0.15, -0.1) is 6.58 Å². The summed E-state index contributed by atoms with van der Waals surface area (Å²) < 4.78 is 43.6. The van der Waals surface area contributed by atoms with E-state index in [1.165, 1.54) is 53.0 Å². The number of para-hydroxylation sites is 2. The van der Waals surface area contributed by atoms with E-state index in [-0.39, 0.29) is 17.0 Å². The summed E-state index contributed by atoms with van der Waals surface area (Å²) in [6, 6.07) is 19.0. The number of carbonyl (C=O) groups excluding carboxylic acids is 1. The first-order valence-electron chi connectivity index (χ1n) is 9.95. The molecule has 0 unspecified atom stereocenters. The molecule has 3 aromatic carbocycles. The smallest absolute Gasteiger partial charge is 0.279 e. The lowest BCUT2D eigenvalue weighted by Crippen LogP contribution is -2.26. The van der Waals surface area contributed by atoms with Gasteiger partial charge in [0.2, 0.25) is 0 Å². The second kappa shape index (κ2) is 9.13. The molecule has 0 fully saturated rings. The lowest BCUT2D eigenvalue weighted by atomic mass is 10.2. The summed E-state index contributed by atoms with van der Waals surface area (Å²) in [5.41, 5.74) is 1.11. The highest BCUT2D eigenvalue weighted by atomic mass is 32.2. The molecule has 1 heterocycles. The molecular formula is C24H20FN3O3S2. The number of benzene rings is 3. The fraction of sp³-hybridized carbons (Fsp3) is 0.0833. The van der Waals surface area contributed by atoms with Crippen LogP contribution in [0.15, 0.2) is 95.3 Å². The van der Waals surface area contributed by atoms with Crippen LogP contribution in [0.3, 0.4) is 0 Å². The van der Waals surface area contributed by atoms with Gasteiger partial charge in [-0.3, -0.25) is 9.10 Å². The zero-order valence-corrected chi connectivity index (χ0v) is 19.3. The Hall–Kier alpha value is -3.56. The average molecular weight is 482 g/mol. The predicted molar refractivity (Wildman–Crippen MR) is 128 cm³/mol. The Morgan fingerprint density at radius 3 is 2.45 bits per heavy atom. The minimum absolute atomic E-state index is 0.0519. The van der Waals surface area contributed by atoms with Crippen molar-refractivity contribution in [1.29, 1.82) is 0 Å². The van der Waals surface area contributed by atoms with Gasteiger partial charge in [0.1, 0.15) is 5.82 Å². The number of rotatable bonds is 6. The lowest BCUT2D eigenvalue weighted by molar-refractivity contribution is 0.0997. The highest BCUT2D eigenvalue weighted by Crippen LogP contribution is 2.23. The summed E-state index contributed by atoms with van der Waals surface area (Å²) in [5.74, 6) is -0.961. The van der Waals surface area contributed by atoms with Crippen molar-refractivity contribution in [3.05, 3.63) is 102 Å². The standard InChI is InChI=1S/C24H20FN3O3S2/c1-3-16-28-22-20(25)10-7-11-21(22)32-24(28)26-23(29)17-12-14-19(15-13-17)33(30,31)27(2)18-8-5-4-6-9-18/h3-15H,1,16H2,2H3. The third-order valence-electron chi connectivity index (χ3n) is 5.04. The molecule has 168 valence electrons. The second-order valence-electron chi connectivity index (χ2n) is 7.12. The fourth-order valence-electron chi connectivity index (χ4n) is 3.33. The summed E-state index contributed by atoms with van der Waals surface area (Å²) in [6.45, 7) is 3.98. The molecule has 1 amide bonds. The lowest BCUT2D eigenvalue weighted by Gasteiger charge is -2.19. The van der Waals surface area contributed by atoms with Gasteiger partial charge in [0.05, 0.1) is 20.8 Å². The molecule has 4 rings (SSSR count). The van der Waals surface area contributed by atoms with Crippen LogP contribution >= 0.6 is 11.3 Å². The van der Waals surface area contributed by atoms with E-state index in [2.05, 4.69) is 11.6 Å². The minimum atomic E-state index is -3.79. The Bertz CT molecular complexity index is 1510. The van der Waals surface area contributed by atoms with Gasteiger partial charge in [-0.1, -0.05) is 41.7 Å². The summed E-state index contributed by atoms with van der Waals surface area (Å²) in [4.78, 5) is 17.4. The van der Waals surface area contributed by atoms with E-state index in [9.17, 15) is 17.6 Å². The highest BCUT2D eigenvalue weighted by Gasteiger charge is 2.21. The molecule has 0 bridgehead atoms. The van der Waals surface area contributed by atoms with E-state index in [4.69, 9.17) is 0 Å². The van der Waals surface area contributed by atoms with Crippen molar-refractivity contribution in [2.24, 2.45) is 4.99 Å². The summed E-state index contributed by atoms with van der Waals surface area (Å²) in [5, 5.41) is 0. The largest absolute Gasteiger partial charge is 0.310 e. The second-order valence-corrected chi connectivity index (χ2v) is 10.1. The van der Waals surface area contributed by atoms with Gasteiger partial charge in [0, 0.05) is 19.2 Å². The maximum absolute atomic E-state index is 14.4. The number of carbonyl (C=O) groups is 1. The zero-order valence-electron chi connectivity index (χ0n) is 17.7. The molecule has 0 saturated heterocycles. The van der Waals surface area contributed by atoms with Crippen molar-refractivity contribution in [2.75, 3.05) is 11.4 Å². The van der Waals surface area contributed by atoms with E-state index in [0.717, 1.165) is 0 Å². The van der Waals surface area contributed by atoms with Crippen LogP contribution in [0.25, 0.3) is 10.2 Å². The molecule has 0 spiro atoms. The van der Waals surface area contributed by atoms with Crippen molar-refractivity contribution in [1.82, 2.24) is 4.57 Å². The van der Waals surface area contributed by atoms with Gasteiger partial charge in [0.15, 0.2) is 4.80 Å². The number of nitrogens with zero attached hydrogens (tertiary/aromatic N) is 3. The zero-order chi connectivity index (χ0) is 23.6. The van der Waals surface area contributed by atoms with Crippen molar-refractivity contribution < 1.29 is 17.6 Å². The molecule has 33 heavy (non-hydrogen) atoms. The highest BCUT2D eigenvalue weighted by molar-refractivity contribution is 7.92. The number of hydrogen-bond acceptors (Lipinski definition) is 4. The van der Waals surface area contributed by atoms with E-state index in [1.807, 2.05) is 0 Å². The Kier molecular flexibility index (Phi) is 6.26. The average Bonchev–Trinajstić information content (AvgIpc) is 3.17. The number of thiazole rings is 1. The van der Waals surface area contributed by atoms with Crippen LogP contribution in [0.1, 0.15) is 10.4 Å². The SMILES string of the molecule is C=CCn1c(=NC(=O)c2ccc(S(=O)(=O)N(C)c3ccccc3)cc2)sc2cccc(F)c21. The number of anilines is 1. The number of aromatic nitrogens is 1. The number of amides is 1. The summed E-state index contributed by atoms with van der Waals surface area (Å²) in [6.07, 6.45) is 1.60. The Labute approximate surface area is 194 Å². The van der Waals surface area contributed by atoms with E-state index in [0.29, 0.717) is 20.7 Å².